The van der Waals surface area contributed by atoms with Crippen LogP contribution < -0.4 is 15.4 Å². The van der Waals surface area contributed by atoms with Crippen LogP contribution in [-0.2, 0) is 9.53 Å². The Balaban J connectivity index is 2.15. The number of anilines is 1. The van der Waals surface area contributed by atoms with E-state index in [1.807, 2.05) is 0 Å². The number of carbonyl (C=O) groups is 1. The van der Waals surface area contributed by atoms with Crippen LogP contribution in [0.4, 0.5) is 5.69 Å². The molecule has 0 aromatic heterocycles. The molecule has 19 heavy (non-hydrogen) atoms. The molecule has 5 nitrogen and oxygen atoms in total. The number of hydrogen-bond donors (Lipinski definition) is 2. The number of benzene rings is 1. The molecule has 1 aromatic rings. The predicted molar refractivity (Wildman–Crippen MR) is 76.9 cm³/mol. The molecule has 7 heteroatoms. The second-order valence-electron chi connectivity index (χ2n) is 4.04. The van der Waals surface area contributed by atoms with E-state index in [9.17, 15) is 4.79 Å². The van der Waals surface area contributed by atoms with Crippen LogP contribution in [-0.4, -0.2) is 38.8 Å². The number of amides is 1. The van der Waals surface area contributed by atoms with Crippen molar-refractivity contribution in [3.63, 3.8) is 0 Å². The third-order valence-electron chi connectivity index (χ3n) is 2.71. The molecule has 0 saturated carbocycles. The number of ether oxygens (including phenoxy) is 2. The Morgan fingerprint density at radius 1 is 1.63 bits per heavy atom. The molecule has 2 rings (SSSR count). The normalized spacial score (nSPS) is 19.0. The van der Waals surface area contributed by atoms with Gasteiger partial charge in [0.05, 0.1) is 30.5 Å². The second kappa shape index (κ2) is 6.56. The van der Waals surface area contributed by atoms with Crippen molar-refractivity contribution in [1.82, 2.24) is 5.32 Å². The fraction of sp³-hybridized carbons (Fsp3) is 0.417. The Kier molecular flexibility index (Phi) is 5.04. The first-order chi connectivity index (χ1) is 9.11. The van der Waals surface area contributed by atoms with E-state index in [-0.39, 0.29) is 11.9 Å². The summed E-state index contributed by atoms with van der Waals surface area (Å²) >= 11 is 9.31. The summed E-state index contributed by atoms with van der Waals surface area (Å²) in [6.45, 7) is 1.64. The van der Waals surface area contributed by atoms with E-state index in [0.717, 1.165) is 0 Å². The van der Waals surface area contributed by atoms with Crippen LogP contribution in [0.5, 0.6) is 5.75 Å². The molecule has 1 saturated heterocycles. The molecule has 0 bridgehead atoms. The fourth-order valence-corrected chi connectivity index (χ4v) is 2.79. The number of carbonyl (C=O) groups excluding carboxylic acids is 1. The average Bonchev–Trinajstić information content (AvgIpc) is 2.39. The smallest absolute Gasteiger partial charge is 0.244 e. The van der Waals surface area contributed by atoms with Crippen LogP contribution in [0, 0.1) is 0 Å². The molecule has 1 aliphatic rings. The van der Waals surface area contributed by atoms with Gasteiger partial charge in [0.15, 0.2) is 5.75 Å². The van der Waals surface area contributed by atoms with Crippen LogP contribution in [0.1, 0.15) is 0 Å². The first kappa shape index (κ1) is 14.6. The van der Waals surface area contributed by atoms with E-state index < -0.39 is 0 Å². The highest BCUT2D eigenvalue weighted by atomic mass is 79.9. The summed E-state index contributed by atoms with van der Waals surface area (Å²) in [6.07, 6.45) is 0. The molecule has 2 N–H and O–H groups in total. The zero-order chi connectivity index (χ0) is 13.8. The van der Waals surface area contributed by atoms with Crippen LogP contribution in [0.15, 0.2) is 16.6 Å². The topological polar surface area (TPSA) is 59.6 Å². The van der Waals surface area contributed by atoms with Gasteiger partial charge in [0.25, 0.3) is 0 Å². The maximum absolute atomic E-state index is 12.1. The standard InChI is InChI=1S/C12H14BrClN2O3/c1-18-11-8(13)4-7(14)5-9(11)16-12(17)10-6-19-3-2-15-10/h4-5,10,15H,2-3,6H2,1H3,(H,16,17). The van der Waals surface area contributed by atoms with Crippen molar-refractivity contribution < 1.29 is 14.3 Å². The Bertz CT molecular complexity index is 478. The van der Waals surface area contributed by atoms with E-state index >= 15 is 0 Å². The van der Waals surface area contributed by atoms with Gasteiger partial charge < -0.3 is 20.1 Å². The van der Waals surface area contributed by atoms with Crippen molar-refractivity contribution in [2.45, 2.75) is 6.04 Å². The molecule has 1 unspecified atom stereocenters. The number of halogens is 2. The maximum Gasteiger partial charge on any atom is 0.244 e. The Morgan fingerprint density at radius 2 is 2.42 bits per heavy atom. The van der Waals surface area contributed by atoms with Gasteiger partial charge >= 0.3 is 0 Å². The van der Waals surface area contributed by atoms with Gasteiger partial charge in [-0.25, -0.2) is 0 Å². The van der Waals surface area contributed by atoms with Crippen molar-refractivity contribution >= 4 is 39.1 Å². The second-order valence-corrected chi connectivity index (χ2v) is 5.33. The van der Waals surface area contributed by atoms with Gasteiger partial charge in [0, 0.05) is 11.6 Å². The Labute approximate surface area is 124 Å². The van der Waals surface area contributed by atoms with Crippen molar-refractivity contribution in [2.24, 2.45) is 0 Å². The quantitative estimate of drug-likeness (QED) is 0.877. The molecule has 0 radical (unpaired) electrons. The van der Waals surface area contributed by atoms with E-state index in [1.54, 1.807) is 12.1 Å². The van der Waals surface area contributed by atoms with Crippen LogP contribution in [0.25, 0.3) is 0 Å². The molecule has 1 aromatic carbocycles. The molecule has 1 heterocycles. The monoisotopic (exact) mass is 348 g/mol. The third kappa shape index (κ3) is 3.60. The first-order valence-corrected chi connectivity index (χ1v) is 6.94. The number of morpholine rings is 1. The van der Waals surface area contributed by atoms with Gasteiger partial charge in [-0.15, -0.1) is 0 Å². The SMILES string of the molecule is COc1c(Br)cc(Cl)cc1NC(=O)C1COCCN1. The zero-order valence-corrected chi connectivity index (χ0v) is 12.7. The molecule has 1 fully saturated rings. The van der Waals surface area contributed by atoms with Crippen molar-refractivity contribution in [3.8, 4) is 5.75 Å². The highest BCUT2D eigenvalue weighted by molar-refractivity contribution is 9.10. The highest BCUT2D eigenvalue weighted by Crippen LogP contribution is 2.36. The van der Waals surface area contributed by atoms with Gasteiger partial charge in [0.2, 0.25) is 5.91 Å². The summed E-state index contributed by atoms with van der Waals surface area (Å²) in [5.41, 5.74) is 0.527. The minimum Gasteiger partial charge on any atom is -0.493 e. The van der Waals surface area contributed by atoms with Gasteiger partial charge in [-0.1, -0.05) is 11.6 Å². The Morgan fingerprint density at radius 3 is 3.05 bits per heavy atom. The number of methoxy groups -OCH3 is 1. The van der Waals surface area contributed by atoms with Gasteiger partial charge in [-0.3, -0.25) is 4.79 Å². The number of nitrogens with one attached hydrogen (secondary N) is 2. The van der Waals surface area contributed by atoms with Gasteiger partial charge in [0.1, 0.15) is 6.04 Å². The largest absolute Gasteiger partial charge is 0.493 e. The van der Waals surface area contributed by atoms with E-state index in [4.69, 9.17) is 21.1 Å². The lowest BCUT2D eigenvalue weighted by Gasteiger charge is -2.23. The van der Waals surface area contributed by atoms with Crippen molar-refractivity contribution in [2.75, 3.05) is 32.2 Å². The maximum atomic E-state index is 12.1. The third-order valence-corrected chi connectivity index (χ3v) is 3.52. The molecule has 1 aliphatic heterocycles. The molecule has 104 valence electrons. The van der Waals surface area contributed by atoms with Gasteiger partial charge in [-0.2, -0.15) is 0 Å². The summed E-state index contributed by atoms with van der Waals surface area (Å²) in [6, 6.07) is 2.99. The summed E-state index contributed by atoms with van der Waals surface area (Å²) < 4.78 is 11.2. The molecular weight excluding hydrogens is 336 g/mol. The summed E-state index contributed by atoms with van der Waals surface area (Å²) in [5.74, 6) is 0.363. The lowest BCUT2D eigenvalue weighted by Crippen LogP contribution is -2.48. The lowest BCUT2D eigenvalue weighted by atomic mass is 10.2. The molecular formula is C12H14BrClN2O3. The molecule has 0 spiro atoms. The molecule has 0 aliphatic carbocycles. The first-order valence-electron chi connectivity index (χ1n) is 5.77. The minimum absolute atomic E-state index is 0.174. The van der Waals surface area contributed by atoms with Crippen molar-refractivity contribution in [1.29, 1.82) is 0 Å². The number of rotatable bonds is 3. The van der Waals surface area contributed by atoms with E-state index in [1.165, 1.54) is 7.11 Å². The number of hydrogen-bond acceptors (Lipinski definition) is 4. The summed E-state index contributed by atoms with van der Waals surface area (Å²) in [7, 11) is 1.53. The minimum atomic E-state index is -0.365. The zero-order valence-electron chi connectivity index (χ0n) is 10.3. The predicted octanol–water partition coefficient (Wildman–Crippen LogP) is 2.04. The van der Waals surface area contributed by atoms with E-state index in [0.29, 0.717) is 40.7 Å². The Hall–Kier alpha value is -0.820. The highest BCUT2D eigenvalue weighted by Gasteiger charge is 2.22. The fourth-order valence-electron chi connectivity index (χ4n) is 1.81. The van der Waals surface area contributed by atoms with Crippen LogP contribution >= 0.6 is 27.5 Å². The summed E-state index contributed by atoms with van der Waals surface area (Å²) in [4.78, 5) is 12.1. The summed E-state index contributed by atoms with van der Waals surface area (Å²) in [5, 5.41) is 6.39. The average molecular weight is 350 g/mol. The van der Waals surface area contributed by atoms with E-state index in [2.05, 4.69) is 26.6 Å². The van der Waals surface area contributed by atoms with Crippen molar-refractivity contribution in [3.05, 3.63) is 21.6 Å². The van der Waals surface area contributed by atoms with Gasteiger partial charge in [-0.05, 0) is 28.1 Å². The molecule has 1 amide bonds. The van der Waals surface area contributed by atoms with Crippen LogP contribution in [0.3, 0.4) is 0 Å². The molecule has 1 atom stereocenters. The lowest BCUT2D eigenvalue weighted by molar-refractivity contribution is -0.120. The van der Waals surface area contributed by atoms with Crippen LogP contribution in [0.2, 0.25) is 5.02 Å².